The molecule has 0 bridgehead atoms. The average Bonchev–Trinajstić information content (AvgIpc) is 2.78. The molecule has 2 aromatic heterocycles. The minimum absolute atomic E-state index is 0.754. The topological polar surface area (TPSA) is 55.6 Å². The van der Waals surface area contributed by atoms with Gasteiger partial charge in [-0.3, -0.25) is 4.98 Å². The van der Waals surface area contributed by atoms with E-state index in [1.165, 1.54) is 12.2 Å². The Bertz CT molecular complexity index is 552. The third-order valence-corrected chi connectivity index (χ3v) is 3.63. The van der Waals surface area contributed by atoms with Crippen molar-refractivity contribution in [1.29, 1.82) is 0 Å². The molecule has 0 atom stereocenters. The first kappa shape index (κ1) is 14.8. The van der Waals surface area contributed by atoms with E-state index in [9.17, 15) is 0 Å². The Hall–Kier alpha value is -1.56. The zero-order valence-electron chi connectivity index (χ0n) is 12.3. The summed E-state index contributed by atoms with van der Waals surface area (Å²) in [7, 11) is 0. The van der Waals surface area contributed by atoms with Crippen molar-refractivity contribution in [1.82, 2.24) is 19.7 Å². The third kappa shape index (κ3) is 3.96. The molecule has 2 heterocycles. The van der Waals surface area contributed by atoms with E-state index in [0.29, 0.717) is 0 Å². The monoisotopic (exact) mass is 291 g/mol. The summed E-state index contributed by atoms with van der Waals surface area (Å²) in [5, 5.41) is 7.74. The van der Waals surface area contributed by atoms with Crippen LogP contribution in [0.3, 0.4) is 0 Å². The summed E-state index contributed by atoms with van der Waals surface area (Å²) in [6.45, 7) is 4.92. The van der Waals surface area contributed by atoms with E-state index in [1.807, 2.05) is 36.4 Å². The van der Waals surface area contributed by atoms with Crippen LogP contribution in [0.4, 0.5) is 5.82 Å². The Morgan fingerprint density at radius 3 is 2.80 bits per heavy atom. The van der Waals surface area contributed by atoms with Gasteiger partial charge < -0.3 is 5.32 Å². The predicted molar refractivity (Wildman–Crippen MR) is 84.7 cm³/mol. The first-order chi connectivity index (χ1) is 9.70. The molecule has 0 unspecified atom stereocenters. The zero-order valence-corrected chi connectivity index (χ0v) is 13.1. The average molecular weight is 291 g/mol. The molecule has 0 aromatic carbocycles. The lowest BCUT2D eigenvalue weighted by molar-refractivity contribution is 0.794. The highest BCUT2D eigenvalue weighted by molar-refractivity contribution is 7.98. The largest absolute Gasteiger partial charge is 0.369 e. The van der Waals surface area contributed by atoms with E-state index < -0.39 is 0 Å². The minimum Gasteiger partial charge on any atom is -0.369 e. The fraction of sp³-hybridized carbons (Fsp3) is 0.500. The summed E-state index contributed by atoms with van der Waals surface area (Å²) in [5.41, 5.74) is 2.05. The van der Waals surface area contributed by atoms with Crippen molar-refractivity contribution >= 4 is 17.6 Å². The van der Waals surface area contributed by atoms with Crippen LogP contribution in [-0.2, 0) is 0 Å². The van der Waals surface area contributed by atoms with Crippen LogP contribution in [0.15, 0.2) is 18.5 Å². The SMILES string of the molecule is CSCCCCNc1cncc(-n2nc(C)cc2C)n1. The number of hydrogen-bond donors (Lipinski definition) is 1. The number of nitrogens with one attached hydrogen (secondary N) is 1. The first-order valence-electron chi connectivity index (χ1n) is 6.79. The number of aromatic nitrogens is 4. The van der Waals surface area contributed by atoms with E-state index in [4.69, 9.17) is 0 Å². The van der Waals surface area contributed by atoms with Gasteiger partial charge in [-0.1, -0.05) is 0 Å². The Labute approximate surface area is 124 Å². The number of aryl methyl sites for hydroxylation is 2. The number of rotatable bonds is 7. The third-order valence-electron chi connectivity index (χ3n) is 2.93. The predicted octanol–water partition coefficient (Wildman–Crippen LogP) is 2.83. The molecular formula is C14H21N5S. The molecule has 1 N–H and O–H groups in total. The van der Waals surface area contributed by atoms with Gasteiger partial charge in [0.25, 0.3) is 0 Å². The van der Waals surface area contributed by atoms with Crippen molar-refractivity contribution in [2.75, 3.05) is 23.9 Å². The molecule has 0 saturated carbocycles. The number of hydrogen-bond acceptors (Lipinski definition) is 5. The molecule has 20 heavy (non-hydrogen) atoms. The molecule has 0 aliphatic heterocycles. The Kier molecular flexibility index (Phi) is 5.40. The smallest absolute Gasteiger partial charge is 0.174 e. The lowest BCUT2D eigenvalue weighted by atomic mass is 10.3. The molecule has 0 spiro atoms. The van der Waals surface area contributed by atoms with Gasteiger partial charge in [-0.05, 0) is 44.8 Å². The number of thioether (sulfide) groups is 1. The van der Waals surface area contributed by atoms with Gasteiger partial charge in [0.05, 0.1) is 18.1 Å². The van der Waals surface area contributed by atoms with E-state index >= 15 is 0 Å². The van der Waals surface area contributed by atoms with Crippen molar-refractivity contribution in [3.05, 3.63) is 29.8 Å². The van der Waals surface area contributed by atoms with Gasteiger partial charge in [0.2, 0.25) is 0 Å². The van der Waals surface area contributed by atoms with Gasteiger partial charge in [-0.2, -0.15) is 16.9 Å². The molecule has 0 amide bonds. The highest BCUT2D eigenvalue weighted by atomic mass is 32.2. The molecule has 0 fully saturated rings. The summed E-state index contributed by atoms with van der Waals surface area (Å²) < 4.78 is 1.82. The molecule has 108 valence electrons. The maximum atomic E-state index is 4.56. The van der Waals surface area contributed by atoms with E-state index in [0.717, 1.165) is 36.0 Å². The summed E-state index contributed by atoms with van der Waals surface area (Å²) in [6.07, 6.45) is 7.99. The minimum atomic E-state index is 0.754. The van der Waals surface area contributed by atoms with Crippen LogP contribution in [0.2, 0.25) is 0 Å². The highest BCUT2D eigenvalue weighted by Gasteiger charge is 2.06. The van der Waals surface area contributed by atoms with Crippen LogP contribution in [0.25, 0.3) is 5.82 Å². The van der Waals surface area contributed by atoms with Crippen LogP contribution in [0.1, 0.15) is 24.2 Å². The fourth-order valence-electron chi connectivity index (χ4n) is 1.99. The number of unbranched alkanes of at least 4 members (excludes halogenated alkanes) is 1. The summed E-state index contributed by atoms with van der Waals surface area (Å²) in [4.78, 5) is 8.79. The Morgan fingerprint density at radius 2 is 2.10 bits per heavy atom. The summed E-state index contributed by atoms with van der Waals surface area (Å²) in [6, 6.07) is 2.03. The van der Waals surface area contributed by atoms with E-state index in [2.05, 4.69) is 26.6 Å². The molecule has 2 rings (SSSR count). The quantitative estimate of drug-likeness (QED) is 0.795. The zero-order chi connectivity index (χ0) is 14.4. The number of anilines is 1. The van der Waals surface area contributed by atoms with Gasteiger partial charge in [0.1, 0.15) is 5.82 Å². The second-order valence-electron chi connectivity index (χ2n) is 4.73. The van der Waals surface area contributed by atoms with Crippen molar-refractivity contribution in [3.63, 3.8) is 0 Å². The normalized spacial score (nSPS) is 10.8. The molecule has 5 nitrogen and oxygen atoms in total. The lowest BCUT2D eigenvalue weighted by Gasteiger charge is -2.07. The van der Waals surface area contributed by atoms with Crippen LogP contribution >= 0.6 is 11.8 Å². The molecule has 6 heteroatoms. The summed E-state index contributed by atoms with van der Waals surface area (Å²) in [5.74, 6) is 2.77. The Morgan fingerprint density at radius 1 is 1.25 bits per heavy atom. The van der Waals surface area contributed by atoms with Crippen LogP contribution in [0, 0.1) is 13.8 Å². The molecule has 0 radical (unpaired) electrons. The van der Waals surface area contributed by atoms with E-state index in [1.54, 1.807) is 12.4 Å². The Balaban J connectivity index is 1.99. The van der Waals surface area contributed by atoms with Crippen molar-refractivity contribution in [2.45, 2.75) is 26.7 Å². The number of nitrogens with zero attached hydrogens (tertiary/aromatic N) is 4. The van der Waals surface area contributed by atoms with Gasteiger partial charge >= 0.3 is 0 Å². The van der Waals surface area contributed by atoms with Gasteiger partial charge in [0.15, 0.2) is 5.82 Å². The van der Waals surface area contributed by atoms with Gasteiger partial charge in [-0.15, -0.1) is 0 Å². The maximum Gasteiger partial charge on any atom is 0.174 e. The molecular weight excluding hydrogens is 270 g/mol. The van der Waals surface area contributed by atoms with Crippen LogP contribution in [0.5, 0.6) is 0 Å². The summed E-state index contributed by atoms with van der Waals surface area (Å²) >= 11 is 1.88. The molecule has 0 aliphatic carbocycles. The van der Waals surface area contributed by atoms with Crippen LogP contribution < -0.4 is 5.32 Å². The maximum absolute atomic E-state index is 4.56. The second-order valence-corrected chi connectivity index (χ2v) is 5.71. The van der Waals surface area contributed by atoms with Crippen LogP contribution in [-0.4, -0.2) is 38.3 Å². The van der Waals surface area contributed by atoms with E-state index in [-0.39, 0.29) is 0 Å². The van der Waals surface area contributed by atoms with Crippen molar-refractivity contribution < 1.29 is 0 Å². The fourth-order valence-corrected chi connectivity index (χ4v) is 2.48. The molecule has 0 aliphatic rings. The van der Waals surface area contributed by atoms with Gasteiger partial charge in [0, 0.05) is 12.2 Å². The standard InChI is InChI=1S/C14H21N5S/c1-11-8-12(2)19(18-11)14-10-15-9-13(17-14)16-6-4-5-7-20-3/h8-10H,4-7H2,1-3H3,(H,16,17). The first-order valence-corrected chi connectivity index (χ1v) is 8.18. The van der Waals surface area contributed by atoms with Gasteiger partial charge in [-0.25, -0.2) is 9.67 Å². The lowest BCUT2D eigenvalue weighted by Crippen LogP contribution is -2.08. The van der Waals surface area contributed by atoms with Crippen molar-refractivity contribution in [2.24, 2.45) is 0 Å². The second kappa shape index (κ2) is 7.28. The highest BCUT2D eigenvalue weighted by Crippen LogP contribution is 2.11. The molecule has 0 saturated heterocycles. The van der Waals surface area contributed by atoms with Crippen molar-refractivity contribution in [3.8, 4) is 5.82 Å². The molecule has 2 aromatic rings.